The number of hydrogen-bond donors (Lipinski definition) is 1. The first-order valence-corrected chi connectivity index (χ1v) is 7.21. The molecule has 0 amide bonds. The highest BCUT2D eigenvalue weighted by Gasteiger charge is 2.12. The molecule has 1 N–H and O–H groups in total. The summed E-state index contributed by atoms with van der Waals surface area (Å²) >= 11 is 1.71. The lowest BCUT2D eigenvalue weighted by atomic mass is 9.93. The van der Waals surface area contributed by atoms with E-state index in [0.717, 1.165) is 25.1 Å². The maximum atomic E-state index is 13.3. The first-order chi connectivity index (χ1) is 8.79. The highest BCUT2D eigenvalue weighted by atomic mass is 32.1. The van der Waals surface area contributed by atoms with E-state index in [1.807, 2.05) is 6.07 Å². The fraction of sp³-hybridized carbons (Fsp3) is 0.333. The zero-order chi connectivity index (χ0) is 12.8. The molecule has 0 aliphatic heterocycles. The van der Waals surface area contributed by atoms with Crippen molar-refractivity contribution >= 4 is 11.3 Å². The van der Waals surface area contributed by atoms with Crippen molar-refractivity contribution in [3.8, 4) is 0 Å². The molecule has 1 aromatic heterocycles. The van der Waals surface area contributed by atoms with Gasteiger partial charge in [0, 0.05) is 12.5 Å². The monoisotopic (exact) mass is 263 g/mol. The van der Waals surface area contributed by atoms with E-state index >= 15 is 0 Å². The second-order valence-electron chi connectivity index (χ2n) is 4.40. The third-order valence-corrected chi connectivity index (χ3v) is 3.76. The molecule has 3 heteroatoms. The number of rotatable bonds is 6. The van der Waals surface area contributed by atoms with Crippen LogP contribution in [0.15, 0.2) is 41.1 Å². The van der Waals surface area contributed by atoms with E-state index in [1.54, 1.807) is 23.5 Å². The first-order valence-electron chi connectivity index (χ1n) is 6.27. The van der Waals surface area contributed by atoms with Gasteiger partial charge in [0.2, 0.25) is 0 Å². The Balaban J connectivity index is 2.13. The lowest BCUT2D eigenvalue weighted by Gasteiger charge is -2.17. The van der Waals surface area contributed by atoms with Gasteiger partial charge in [0.25, 0.3) is 0 Å². The summed E-state index contributed by atoms with van der Waals surface area (Å²) in [6.07, 6.45) is 0.958. The maximum Gasteiger partial charge on any atom is 0.123 e. The van der Waals surface area contributed by atoms with E-state index in [0.29, 0.717) is 5.92 Å². The predicted molar refractivity (Wildman–Crippen MR) is 75.7 cm³/mol. The molecule has 96 valence electrons. The zero-order valence-electron chi connectivity index (χ0n) is 10.5. The minimum absolute atomic E-state index is 0.153. The summed E-state index contributed by atoms with van der Waals surface area (Å²) in [7, 11) is 0. The molecule has 18 heavy (non-hydrogen) atoms. The standard InChI is InChI=1S/C15H18FNS/c1-2-17-10-14(8-12-6-7-18-11-12)13-4-3-5-15(16)9-13/h3-7,9,11,14,17H,2,8,10H2,1H3. The highest BCUT2D eigenvalue weighted by Crippen LogP contribution is 2.22. The van der Waals surface area contributed by atoms with Gasteiger partial charge < -0.3 is 5.32 Å². The van der Waals surface area contributed by atoms with Gasteiger partial charge in [-0.25, -0.2) is 4.39 Å². The number of thiophene rings is 1. The number of likely N-dealkylation sites (N-methyl/N-ethyl adjacent to an activating group) is 1. The van der Waals surface area contributed by atoms with Crippen LogP contribution in [0.4, 0.5) is 4.39 Å². The number of halogens is 1. The van der Waals surface area contributed by atoms with Gasteiger partial charge in [-0.05, 0) is 53.1 Å². The molecule has 1 atom stereocenters. The van der Waals surface area contributed by atoms with Crippen LogP contribution in [-0.4, -0.2) is 13.1 Å². The van der Waals surface area contributed by atoms with Crippen molar-refractivity contribution in [2.75, 3.05) is 13.1 Å². The minimum atomic E-state index is -0.153. The normalized spacial score (nSPS) is 12.6. The average molecular weight is 263 g/mol. The molecule has 1 unspecified atom stereocenters. The smallest absolute Gasteiger partial charge is 0.123 e. The zero-order valence-corrected chi connectivity index (χ0v) is 11.3. The molecule has 0 aliphatic carbocycles. The topological polar surface area (TPSA) is 12.0 Å². The summed E-state index contributed by atoms with van der Waals surface area (Å²) in [5.41, 5.74) is 2.40. The maximum absolute atomic E-state index is 13.3. The summed E-state index contributed by atoms with van der Waals surface area (Å²) in [6.45, 7) is 3.92. The van der Waals surface area contributed by atoms with Gasteiger partial charge in [0.1, 0.15) is 5.82 Å². The summed E-state index contributed by atoms with van der Waals surface area (Å²) in [4.78, 5) is 0. The molecular weight excluding hydrogens is 245 g/mol. The Morgan fingerprint density at radius 3 is 2.89 bits per heavy atom. The quantitative estimate of drug-likeness (QED) is 0.835. The molecule has 0 fully saturated rings. The number of nitrogens with one attached hydrogen (secondary N) is 1. The lowest BCUT2D eigenvalue weighted by molar-refractivity contribution is 0.583. The van der Waals surface area contributed by atoms with Gasteiger partial charge in [-0.3, -0.25) is 0 Å². The third kappa shape index (κ3) is 3.65. The fourth-order valence-electron chi connectivity index (χ4n) is 2.08. The minimum Gasteiger partial charge on any atom is -0.316 e. The van der Waals surface area contributed by atoms with Gasteiger partial charge in [0.15, 0.2) is 0 Å². The van der Waals surface area contributed by atoms with E-state index < -0.39 is 0 Å². The van der Waals surface area contributed by atoms with Crippen LogP contribution in [0.2, 0.25) is 0 Å². The van der Waals surface area contributed by atoms with Crippen molar-refractivity contribution in [2.45, 2.75) is 19.3 Å². The summed E-state index contributed by atoms with van der Waals surface area (Å²) < 4.78 is 13.3. The van der Waals surface area contributed by atoms with Gasteiger partial charge in [-0.15, -0.1) is 0 Å². The van der Waals surface area contributed by atoms with Crippen molar-refractivity contribution in [3.63, 3.8) is 0 Å². The SMILES string of the molecule is CCNCC(Cc1ccsc1)c1cccc(F)c1. The number of benzene rings is 1. The Kier molecular flexibility index (Phi) is 4.90. The van der Waals surface area contributed by atoms with E-state index in [-0.39, 0.29) is 5.82 Å². The molecule has 1 heterocycles. The van der Waals surface area contributed by atoms with Crippen molar-refractivity contribution in [3.05, 3.63) is 58.0 Å². The molecule has 0 radical (unpaired) electrons. The Morgan fingerprint density at radius 2 is 2.22 bits per heavy atom. The molecule has 0 spiro atoms. The van der Waals surface area contributed by atoms with Crippen LogP contribution in [0.5, 0.6) is 0 Å². The molecule has 0 aliphatic rings. The average Bonchev–Trinajstić information content (AvgIpc) is 2.87. The Hall–Kier alpha value is -1.19. The highest BCUT2D eigenvalue weighted by molar-refractivity contribution is 7.07. The van der Waals surface area contributed by atoms with Crippen LogP contribution in [0, 0.1) is 5.82 Å². The molecule has 1 nitrogen and oxygen atoms in total. The molecule has 1 aromatic carbocycles. The summed E-state index contributed by atoms with van der Waals surface area (Å²) in [6, 6.07) is 9.09. The van der Waals surface area contributed by atoms with Crippen LogP contribution in [-0.2, 0) is 6.42 Å². The number of hydrogen-bond acceptors (Lipinski definition) is 2. The van der Waals surface area contributed by atoms with Crippen molar-refractivity contribution in [2.24, 2.45) is 0 Å². The van der Waals surface area contributed by atoms with E-state index in [9.17, 15) is 4.39 Å². The summed E-state index contributed by atoms with van der Waals surface area (Å²) in [5.74, 6) is 0.176. The second kappa shape index (κ2) is 6.66. The van der Waals surface area contributed by atoms with Crippen LogP contribution in [0.25, 0.3) is 0 Å². The van der Waals surface area contributed by atoms with Crippen LogP contribution < -0.4 is 5.32 Å². The van der Waals surface area contributed by atoms with Crippen LogP contribution in [0.3, 0.4) is 0 Å². The van der Waals surface area contributed by atoms with E-state index in [2.05, 4.69) is 29.1 Å². The van der Waals surface area contributed by atoms with Gasteiger partial charge in [0.05, 0.1) is 0 Å². The third-order valence-electron chi connectivity index (χ3n) is 3.02. The predicted octanol–water partition coefficient (Wildman–Crippen LogP) is 3.82. The van der Waals surface area contributed by atoms with Crippen LogP contribution in [0.1, 0.15) is 24.0 Å². The van der Waals surface area contributed by atoms with Gasteiger partial charge >= 0.3 is 0 Å². The molecule has 0 saturated heterocycles. The Morgan fingerprint density at radius 1 is 1.33 bits per heavy atom. The summed E-state index contributed by atoms with van der Waals surface area (Å²) in [5, 5.41) is 7.61. The molecule has 0 saturated carbocycles. The largest absolute Gasteiger partial charge is 0.316 e. The van der Waals surface area contributed by atoms with E-state index in [4.69, 9.17) is 0 Å². The van der Waals surface area contributed by atoms with Gasteiger partial charge in [-0.1, -0.05) is 19.1 Å². The lowest BCUT2D eigenvalue weighted by Crippen LogP contribution is -2.22. The second-order valence-corrected chi connectivity index (χ2v) is 5.18. The Labute approximate surface area is 112 Å². The van der Waals surface area contributed by atoms with E-state index in [1.165, 1.54) is 11.6 Å². The molecule has 2 aromatic rings. The first kappa shape index (κ1) is 13.2. The van der Waals surface area contributed by atoms with Gasteiger partial charge in [-0.2, -0.15) is 11.3 Å². The molecule has 0 bridgehead atoms. The van der Waals surface area contributed by atoms with Crippen molar-refractivity contribution in [1.82, 2.24) is 5.32 Å². The Bertz CT molecular complexity index is 467. The fourth-order valence-corrected chi connectivity index (χ4v) is 2.76. The molecule has 2 rings (SSSR count). The van der Waals surface area contributed by atoms with Crippen LogP contribution >= 0.6 is 11.3 Å². The molecular formula is C15H18FNS. The van der Waals surface area contributed by atoms with Crippen molar-refractivity contribution < 1.29 is 4.39 Å². The van der Waals surface area contributed by atoms with Crippen molar-refractivity contribution in [1.29, 1.82) is 0 Å².